The van der Waals surface area contributed by atoms with Gasteiger partial charge in [-0.05, 0) is 36.5 Å². The van der Waals surface area contributed by atoms with Crippen molar-refractivity contribution in [1.29, 1.82) is 0 Å². The van der Waals surface area contributed by atoms with E-state index in [0.717, 1.165) is 24.1 Å². The standard InChI is InChI=1S/C16H17N3O3S/c1-17-16(7-8-16)11-3-5-12(6-4-11)19-10-13(22-15(19)20)9-18-14(23)21-2/h3-6,13H,7-10H2,2H3,(H,18,23)/t13-/m0/s1. The highest BCUT2D eigenvalue weighted by molar-refractivity contribution is 7.80. The molecular weight excluding hydrogens is 314 g/mol. The number of nitrogens with one attached hydrogen (secondary N) is 1. The number of amides is 1. The van der Waals surface area contributed by atoms with Crippen LogP contribution in [0.5, 0.6) is 0 Å². The molecule has 1 heterocycles. The van der Waals surface area contributed by atoms with Crippen LogP contribution in [-0.2, 0) is 15.0 Å². The second-order valence-corrected chi connectivity index (χ2v) is 6.05. The Morgan fingerprint density at radius 1 is 1.52 bits per heavy atom. The van der Waals surface area contributed by atoms with Gasteiger partial charge >= 0.3 is 6.09 Å². The van der Waals surface area contributed by atoms with E-state index in [1.807, 2.05) is 24.3 Å². The van der Waals surface area contributed by atoms with Crippen LogP contribution < -0.4 is 10.2 Å². The maximum absolute atomic E-state index is 12.0. The first-order chi connectivity index (χ1) is 11.1. The van der Waals surface area contributed by atoms with Crippen molar-refractivity contribution in [3.05, 3.63) is 41.2 Å². The van der Waals surface area contributed by atoms with Gasteiger partial charge in [-0.1, -0.05) is 0 Å². The summed E-state index contributed by atoms with van der Waals surface area (Å²) in [5.74, 6) is 0. The predicted octanol–water partition coefficient (Wildman–Crippen LogP) is 2.44. The summed E-state index contributed by atoms with van der Waals surface area (Å²) in [5.41, 5.74) is 1.47. The second-order valence-electron chi connectivity index (χ2n) is 5.68. The van der Waals surface area contributed by atoms with Crippen LogP contribution >= 0.6 is 12.2 Å². The second kappa shape index (κ2) is 6.05. The zero-order valence-corrected chi connectivity index (χ0v) is 13.6. The minimum absolute atomic E-state index is 0.276. The van der Waals surface area contributed by atoms with Crippen molar-refractivity contribution < 1.29 is 14.3 Å². The van der Waals surface area contributed by atoms with E-state index in [1.165, 1.54) is 7.11 Å². The van der Waals surface area contributed by atoms with Crippen molar-refractivity contribution in [2.75, 3.05) is 25.1 Å². The third-order valence-electron chi connectivity index (χ3n) is 4.19. The van der Waals surface area contributed by atoms with Gasteiger partial charge < -0.3 is 19.6 Å². The molecule has 7 heteroatoms. The molecule has 0 unspecified atom stereocenters. The van der Waals surface area contributed by atoms with Crippen LogP contribution in [0.4, 0.5) is 10.5 Å². The van der Waals surface area contributed by atoms with Crippen molar-refractivity contribution in [2.45, 2.75) is 24.5 Å². The lowest BCUT2D eigenvalue weighted by atomic mass is 10.1. The summed E-state index contributed by atoms with van der Waals surface area (Å²) in [6.07, 6.45) is 1.16. The molecule has 6 nitrogen and oxygen atoms in total. The minimum Gasteiger partial charge on any atom is -0.474 e. The Morgan fingerprint density at radius 3 is 2.78 bits per heavy atom. The van der Waals surface area contributed by atoms with Crippen LogP contribution in [-0.4, -0.2) is 37.6 Å². The van der Waals surface area contributed by atoms with Gasteiger partial charge in [-0.25, -0.2) is 11.4 Å². The molecule has 0 radical (unpaired) electrons. The minimum atomic E-state index is -0.376. The van der Waals surface area contributed by atoms with E-state index in [2.05, 4.69) is 10.2 Å². The number of benzene rings is 1. The molecule has 1 aromatic rings. The summed E-state index contributed by atoms with van der Waals surface area (Å²) >= 11 is 4.90. The van der Waals surface area contributed by atoms with Crippen molar-refractivity contribution >= 4 is 29.2 Å². The van der Waals surface area contributed by atoms with E-state index in [4.69, 9.17) is 28.3 Å². The molecule has 0 spiro atoms. The van der Waals surface area contributed by atoms with E-state index in [-0.39, 0.29) is 22.9 Å². The summed E-state index contributed by atoms with van der Waals surface area (Å²) in [5, 5.41) is 3.16. The molecule has 23 heavy (non-hydrogen) atoms. The highest BCUT2D eigenvalue weighted by Crippen LogP contribution is 2.49. The Hall–Kier alpha value is -2.33. The Morgan fingerprint density at radius 2 is 2.22 bits per heavy atom. The SMILES string of the molecule is [C-]#[N+]C1(c2ccc(N3C[C@H](CNC(=S)OC)OC3=O)cc2)CC1. The monoisotopic (exact) mass is 331 g/mol. The Balaban J connectivity index is 1.64. The number of methoxy groups -OCH3 is 1. The lowest BCUT2D eigenvalue weighted by molar-refractivity contribution is 0.142. The molecule has 1 saturated carbocycles. The maximum atomic E-state index is 12.0. The fourth-order valence-corrected chi connectivity index (χ4v) is 2.73. The van der Waals surface area contributed by atoms with Gasteiger partial charge in [0, 0.05) is 24.1 Å². The first kappa shape index (κ1) is 15.6. The number of hydrogen-bond acceptors (Lipinski definition) is 4. The average molecular weight is 331 g/mol. The van der Waals surface area contributed by atoms with E-state index in [0.29, 0.717) is 13.1 Å². The Labute approximate surface area is 140 Å². The number of nitrogens with zero attached hydrogens (tertiary/aromatic N) is 2. The zero-order valence-electron chi connectivity index (χ0n) is 12.7. The first-order valence-corrected chi connectivity index (χ1v) is 7.78. The van der Waals surface area contributed by atoms with Gasteiger partial charge in [0.2, 0.25) is 0 Å². The van der Waals surface area contributed by atoms with Crippen molar-refractivity contribution in [1.82, 2.24) is 5.32 Å². The van der Waals surface area contributed by atoms with Crippen LogP contribution in [0.25, 0.3) is 4.85 Å². The third kappa shape index (κ3) is 3.08. The fraction of sp³-hybridized carbons (Fsp3) is 0.438. The summed E-state index contributed by atoms with van der Waals surface area (Å²) in [7, 11) is 1.49. The van der Waals surface area contributed by atoms with Crippen LogP contribution in [0.15, 0.2) is 24.3 Å². The number of carbonyl (C=O) groups excluding carboxylic acids is 1. The molecule has 1 saturated heterocycles. The fourth-order valence-electron chi connectivity index (χ4n) is 2.64. The van der Waals surface area contributed by atoms with Gasteiger partial charge in [-0.2, -0.15) is 0 Å². The smallest absolute Gasteiger partial charge is 0.414 e. The molecule has 0 bridgehead atoms. The zero-order chi connectivity index (χ0) is 16.4. The van der Waals surface area contributed by atoms with E-state index in [1.54, 1.807) is 4.90 Å². The number of anilines is 1. The van der Waals surface area contributed by atoms with Gasteiger partial charge in [0.1, 0.15) is 6.10 Å². The molecule has 1 amide bonds. The molecular formula is C16H17N3O3S. The van der Waals surface area contributed by atoms with E-state index in [9.17, 15) is 4.79 Å². The van der Waals surface area contributed by atoms with E-state index >= 15 is 0 Å². The molecule has 1 atom stereocenters. The molecule has 1 aliphatic carbocycles. The molecule has 1 N–H and O–H groups in total. The largest absolute Gasteiger partial charge is 0.474 e. The summed E-state index contributed by atoms with van der Waals surface area (Å²) < 4.78 is 10.2. The topological polar surface area (TPSA) is 55.2 Å². The number of rotatable bonds is 4. The average Bonchev–Trinajstić information content (AvgIpc) is 3.30. The summed E-state index contributed by atoms with van der Waals surface area (Å²) in [4.78, 5) is 17.3. The molecule has 1 aromatic carbocycles. The normalized spacial score (nSPS) is 21.3. The molecule has 0 aromatic heterocycles. The van der Waals surface area contributed by atoms with Crippen LogP contribution in [0.2, 0.25) is 0 Å². The Bertz CT molecular complexity index is 664. The lowest BCUT2D eigenvalue weighted by Crippen LogP contribution is -2.34. The molecule has 2 aliphatic rings. The van der Waals surface area contributed by atoms with Gasteiger partial charge in [-0.15, -0.1) is 0 Å². The number of cyclic esters (lactones) is 1. The quantitative estimate of drug-likeness (QED) is 0.678. The van der Waals surface area contributed by atoms with Gasteiger partial charge in [0.15, 0.2) is 0 Å². The van der Waals surface area contributed by atoms with Crippen LogP contribution in [0.3, 0.4) is 0 Å². The van der Waals surface area contributed by atoms with Crippen LogP contribution in [0, 0.1) is 6.57 Å². The van der Waals surface area contributed by atoms with Gasteiger partial charge in [0.05, 0.1) is 20.2 Å². The highest BCUT2D eigenvalue weighted by Gasteiger charge is 2.52. The highest BCUT2D eigenvalue weighted by atomic mass is 32.1. The summed E-state index contributed by atoms with van der Waals surface area (Å²) in [6.45, 7) is 8.15. The molecule has 2 fully saturated rings. The van der Waals surface area contributed by atoms with Gasteiger partial charge in [0.25, 0.3) is 10.7 Å². The van der Waals surface area contributed by atoms with Crippen molar-refractivity contribution in [2.24, 2.45) is 0 Å². The van der Waals surface area contributed by atoms with Gasteiger partial charge in [-0.3, -0.25) is 4.90 Å². The number of hydrogen-bond donors (Lipinski definition) is 1. The third-order valence-corrected chi connectivity index (χ3v) is 4.50. The Kier molecular flexibility index (Phi) is 4.09. The lowest BCUT2D eigenvalue weighted by Gasteiger charge is -2.14. The number of ether oxygens (including phenoxy) is 2. The molecule has 120 valence electrons. The number of carbonyl (C=O) groups is 1. The van der Waals surface area contributed by atoms with Crippen molar-refractivity contribution in [3.63, 3.8) is 0 Å². The maximum Gasteiger partial charge on any atom is 0.414 e. The molecule has 1 aliphatic heterocycles. The molecule has 3 rings (SSSR count). The predicted molar refractivity (Wildman–Crippen MR) is 89.2 cm³/mol. The summed E-state index contributed by atoms with van der Waals surface area (Å²) in [6, 6.07) is 7.60. The van der Waals surface area contributed by atoms with E-state index < -0.39 is 0 Å². The van der Waals surface area contributed by atoms with Crippen molar-refractivity contribution in [3.8, 4) is 0 Å². The number of thiocarbonyl (C=S) groups is 1. The van der Waals surface area contributed by atoms with Crippen LogP contribution in [0.1, 0.15) is 18.4 Å². The first-order valence-electron chi connectivity index (χ1n) is 7.37.